The monoisotopic (exact) mass is 229 g/mol. The molecule has 0 aliphatic heterocycles. The van der Waals surface area contributed by atoms with E-state index in [0.29, 0.717) is 11.3 Å². The maximum Gasteiger partial charge on any atom is 0.125 e. The van der Waals surface area contributed by atoms with Gasteiger partial charge in [0.2, 0.25) is 0 Å². The molecule has 0 aliphatic carbocycles. The molecule has 1 rings (SSSR count). The van der Waals surface area contributed by atoms with Crippen molar-refractivity contribution in [1.29, 1.82) is 0 Å². The highest BCUT2D eigenvalue weighted by Crippen LogP contribution is 2.22. The van der Waals surface area contributed by atoms with E-state index in [9.17, 15) is 5.11 Å². The van der Waals surface area contributed by atoms with Crippen LogP contribution in [0.25, 0.3) is 0 Å². The molecule has 0 radical (unpaired) electrons. The molecule has 3 nitrogen and oxygen atoms in total. The molecule has 0 aromatic heterocycles. The maximum atomic E-state index is 9.37. The summed E-state index contributed by atoms with van der Waals surface area (Å²) in [6, 6.07) is 4.99. The van der Waals surface area contributed by atoms with Crippen LogP contribution in [0.4, 0.5) is 0 Å². The average Bonchev–Trinajstić information content (AvgIpc) is 2.03. The van der Waals surface area contributed by atoms with Gasteiger partial charge in [-0.1, -0.05) is 21.1 Å². The Kier molecular flexibility index (Phi) is 2.70. The first-order valence-corrected chi connectivity index (χ1v) is 4.12. The number of rotatable bonds is 1. The smallest absolute Gasteiger partial charge is 0.125 e. The molecule has 0 amide bonds. The second kappa shape index (κ2) is 3.58. The van der Waals surface area contributed by atoms with Crippen LogP contribution in [0.5, 0.6) is 5.75 Å². The van der Waals surface area contributed by atoms with Gasteiger partial charge in [-0.3, -0.25) is 0 Å². The SMILES string of the molecule is C/C(=N/O)c1ccc(Br)cc1O. The molecule has 0 unspecified atom stereocenters. The number of nitrogens with zero attached hydrogens (tertiary/aromatic N) is 1. The van der Waals surface area contributed by atoms with E-state index in [1.807, 2.05) is 0 Å². The van der Waals surface area contributed by atoms with E-state index in [1.54, 1.807) is 25.1 Å². The van der Waals surface area contributed by atoms with Crippen LogP contribution in [-0.4, -0.2) is 16.0 Å². The summed E-state index contributed by atoms with van der Waals surface area (Å²) >= 11 is 3.20. The summed E-state index contributed by atoms with van der Waals surface area (Å²) in [5.74, 6) is 0.0969. The van der Waals surface area contributed by atoms with E-state index in [0.717, 1.165) is 4.47 Å². The van der Waals surface area contributed by atoms with Crippen LogP contribution in [0.3, 0.4) is 0 Å². The number of hydrogen-bond donors (Lipinski definition) is 2. The number of phenolic OH excluding ortho intramolecular Hbond substituents is 1. The van der Waals surface area contributed by atoms with Crippen LogP contribution in [0.2, 0.25) is 0 Å². The highest BCUT2D eigenvalue weighted by Gasteiger charge is 2.04. The Morgan fingerprint density at radius 3 is 2.67 bits per heavy atom. The van der Waals surface area contributed by atoms with Gasteiger partial charge in [0.1, 0.15) is 5.75 Å². The molecule has 12 heavy (non-hydrogen) atoms. The highest BCUT2D eigenvalue weighted by atomic mass is 79.9. The number of benzene rings is 1. The molecule has 2 N–H and O–H groups in total. The summed E-state index contributed by atoms with van der Waals surface area (Å²) in [5.41, 5.74) is 0.917. The Morgan fingerprint density at radius 1 is 1.50 bits per heavy atom. The van der Waals surface area contributed by atoms with E-state index in [1.165, 1.54) is 0 Å². The second-order valence-electron chi connectivity index (χ2n) is 2.35. The number of oxime groups is 1. The second-order valence-corrected chi connectivity index (χ2v) is 3.26. The van der Waals surface area contributed by atoms with Gasteiger partial charge in [0.15, 0.2) is 0 Å². The first-order valence-electron chi connectivity index (χ1n) is 3.32. The number of phenols is 1. The molecular formula is C8H8BrNO2. The van der Waals surface area contributed by atoms with Gasteiger partial charge in [0.25, 0.3) is 0 Å². The van der Waals surface area contributed by atoms with Crippen LogP contribution in [0, 0.1) is 0 Å². The lowest BCUT2D eigenvalue weighted by Crippen LogP contribution is -1.94. The van der Waals surface area contributed by atoms with Gasteiger partial charge >= 0.3 is 0 Å². The Bertz CT molecular complexity index is 323. The Labute approximate surface area is 78.5 Å². The van der Waals surface area contributed by atoms with Crippen molar-refractivity contribution in [2.24, 2.45) is 5.16 Å². The van der Waals surface area contributed by atoms with Crippen LogP contribution in [0.15, 0.2) is 27.8 Å². The topological polar surface area (TPSA) is 52.8 Å². The predicted octanol–water partition coefficient (Wildman–Crippen LogP) is 2.35. The molecule has 0 spiro atoms. The predicted molar refractivity (Wildman–Crippen MR) is 49.8 cm³/mol. The van der Waals surface area contributed by atoms with E-state index >= 15 is 0 Å². The van der Waals surface area contributed by atoms with Crippen molar-refractivity contribution < 1.29 is 10.3 Å². The minimum Gasteiger partial charge on any atom is -0.507 e. The molecule has 0 bridgehead atoms. The van der Waals surface area contributed by atoms with Crippen molar-refractivity contribution in [3.63, 3.8) is 0 Å². The van der Waals surface area contributed by atoms with E-state index in [2.05, 4.69) is 21.1 Å². The van der Waals surface area contributed by atoms with Crippen molar-refractivity contribution in [2.75, 3.05) is 0 Å². The molecule has 64 valence electrons. The summed E-state index contributed by atoms with van der Waals surface area (Å²) in [5, 5.41) is 20.8. The zero-order valence-electron chi connectivity index (χ0n) is 6.45. The summed E-state index contributed by atoms with van der Waals surface area (Å²) < 4.78 is 0.787. The number of hydrogen-bond acceptors (Lipinski definition) is 3. The van der Waals surface area contributed by atoms with E-state index < -0.39 is 0 Å². The van der Waals surface area contributed by atoms with Crippen LogP contribution < -0.4 is 0 Å². The molecule has 4 heteroatoms. The van der Waals surface area contributed by atoms with Gasteiger partial charge in [-0.25, -0.2) is 0 Å². The fourth-order valence-electron chi connectivity index (χ4n) is 0.865. The van der Waals surface area contributed by atoms with Crippen molar-refractivity contribution in [3.05, 3.63) is 28.2 Å². The van der Waals surface area contributed by atoms with Gasteiger partial charge in [-0.15, -0.1) is 0 Å². The third-order valence-electron chi connectivity index (χ3n) is 1.50. The van der Waals surface area contributed by atoms with Gasteiger partial charge in [-0.05, 0) is 25.1 Å². The standard InChI is InChI=1S/C8H8BrNO2/c1-5(10-12)7-3-2-6(9)4-8(7)11/h2-4,11-12H,1H3/b10-5-. The van der Waals surface area contributed by atoms with Crippen molar-refractivity contribution in [3.8, 4) is 5.75 Å². The Hall–Kier alpha value is -1.03. The Morgan fingerprint density at radius 2 is 2.17 bits per heavy atom. The first-order chi connectivity index (χ1) is 5.65. The summed E-state index contributed by atoms with van der Waals surface area (Å²) in [7, 11) is 0. The normalized spacial score (nSPS) is 11.7. The zero-order valence-corrected chi connectivity index (χ0v) is 8.04. The molecule has 0 atom stereocenters. The zero-order chi connectivity index (χ0) is 9.14. The summed E-state index contributed by atoms with van der Waals surface area (Å²) in [6.45, 7) is 1.61. The fourth-order valence-corrected chi connectivity index (χ4v) is 1.21. The minimum absolute atomic E-state index is 0.0969. The van der Waals surface area contributed by atoms with Gasteiger partial charge in [-0.2, -0.15) is 0 Å². The fraction of sp³-hybridized carbons (Fsp3) is 0.125. The molecule has 1 aromatic rings. The summed E-state index contributed by atoms with van der Waals surface area (Å²) in [4.78, 5) is 0. The lowest BCUT2D eigenvalue weighted by molar-refractivity contribution is 0.318. The highest BCUT2D eigenvalue weighted by molar-refractivity contribution is 9.10. The van der Waals surface area contributed by atoms with Crippen molar-refractivity contribution >= 4 is 21.6 Å². The maximum absolute atomic E-state index is 9.37. The van der Waals surface area contributed by atoms with Crippen molar-refractivity contribution in [1.82, 2.24) is 0 Å². The first kappa shape index (κ1) is 9.06. The Balaban J connectivity index is 3.18. The van der Waals surface area contributed by atoms with Gasteiger partial charge in [0.05, 0.1) is 5.71 Å². The molecular weight excluding hydrogens is 222 g/mol. The number of halogens is 1. The molecule has 0 fully saturated rings. The van der Waals surface area contributed by atoms with Crippen LogP contribution in [0.1, 0.15) is 12.5 Å². The quantitative estimate of drug-likeness (QED) is 0.442. The molecule has 0 heterocycles. The molecule has 1 aromatic carbocycles. The van der Waals surface area contributed by atoms with E-state index in [4.69, 9.17) is 5.21 Å². The largest absolute Gasteiger partial charge is 0.507 e. The molecule has 0 aliphatic rings. The number of aromatic hydroxyl groups is 1. The van der Waals surface area contributed by atoms with Gasteiger partial charge < -0.3 is 10.3 Å². The molecule has 0 saturated heterocycles. The lowest BCUT2D eigenvalue weighted by Gasteiger charge is -2.01. The van der Waals surface area contributed by atoms with Gasteiger partial charge in [0, 0.05) is 10.0 Å². The van der Waals surface area contributed by atoms with E-state index in [-0.39, 0.29) is 5.75 Å². The summed E-state index contributed by atoms with van der Waals surface area (Å²) in [6.07, 6.45) is 0. The third kappa shape index (κ3) is 1.76. The van der Waals surface area contributed by atoms with Crippen LogP contribution in [-0.2, 0) is 0 Å². The minimum atomic E-state index is 0.0969. The average molecular weight is 230 g/mol. The third-order valence-corrected chi connectivity index (χ3v) is 1.99. The lowest BCUT2D eigenvalue weighted by atomic mass is 10.1. The van der Waals surface area contributed by atoms with Crippen molar-refractivity contribution in [2.45, 2.75) is 6.92 Å². The van der Waals surface area contributed by atoms with Crippen LogP contribution >= 0.6 is 15.9 Å². The molecule has 0 saturated carbocycles.